The van der Waals surface area contributed by atoms with E-state index in [1.807, 2.05) is 20.8 Å². The van der Waals surface area contributed by atoms with Gasteiger partial charge in [-0.2, -0.15) is 5.10 Å². The minimum atomic E-state index is -0.0996. The smallest absolute Gasteiger partial charge is 0.190 e. The zero-order valence-electron chi connectivity index (χ0n) is 10.7. The highest BCUT2D eigenvalue weighted by Gasteiger charge is 2.14. The fourth-order valence-corrected chi connectivity index (χ4v) is 1.60. The van der Waals surface area contributed by atoms with Gasteiger partial charge in [0.25, 0.3) is 0 Å². The average molecular weight is 245 g/mol. The van der Waals surface area contributed by atoms with E-state index in [2.05, 4.69) is 20.1 Å². The van der Waals surface area contributed by atoms with Crippen LogP contribution in [-0.4, -0.2) is 30.5 Å². The van der Waals surface area contributed by atoms with Crippen LogP contribution in [0.25, 0.3) is 0 Å². The molecule has 0 radical (unpaired) electrons. The quantitative estimate of drug-likeness (QED) is 0.761. The van der Waals surface area contributed by atoms with Crippen molar-refractivity contribution in [3.05, 3.63) is 35.9 Å². The molecule has 94 valence electrons. The number of ketones is 1. The van der Waals surface area contributed by atoms with E-state index in [4.69, 9.17) is 0 Å². The maximum Gasteiger partial charge on any atom is 0.190 e. The molecule has 0 aliphatic carbocycles. The molecule has 18 heavy (non-hydrogen) atoms. The van der Waals surface area contributed by atoms with Gasteiger partial charge in [-0.25, -0.2) is 14.6 Å². The largest absolute Gasteiger partial charge is 0.292 e. The molecule has 0 atom stereocenters. The summed E-state index contributed by atoms with van der Waals surface area (Å²) in [5.41, 5.74) is 1.15. The summed E-state index contributed by atoms with van der Waals surface area (Å²) in [5.74, 6) is 0.551. The third-order valence-corrected chi connectivity index (χ3v) is 2.52. The molecule has 0 saturated heterocycles. The summed E-state index contributed by atoms with van der Waals surface area (Å²) < 4.78 is 1.74. The molecule has 2 aromatic heterocycles. The zero-order valence-corrected chi connectivity index (χ0v) is 10.7. The molecular formula is C12H15N5O. The maximum absolute atomic E-state index is 12.0. The average Bonchev–Trinajstić information content (AvgIpc) is 2.78. The highest BCUT2D eigenvalue weighted by molar-refractivity contribution is 5.95. The Hall–Kier alpha value is -2.11. The molecule has 6 heteroatoms. The van der Waals surface area contributed by atoms with Gasteiger partial charge in [0.2, 0.25) is 0 Å². The van der Waals surface area contributed by atoms with Crippen molar-refractivity contribution in [1.82, 2.24) is 24.7 Å². The first-order chi connectivity index (χ1) is 8.58. The predicted octanol–water partition coefficient (Wildman–Crippen LogP) is 1.38. The number of carbonyl (C=O) groups excluding carboxylic acids is 1. The SMILES string of the molecule is Cc1cnc(C(=O)Cc2ncnn2C(C)C)cn1. The third-order valence-electron chi connectivity index (χ3n) is 2.52. The van der Waals surface area contributed by atoms with E-state index in [9.17, 15) is 4.79 Å². The van der Waals surface area contributed by atoms with Gasteiger partial charge in [0.15, 0.2) is 5.78 Å². The molecule has 2 aromatic rings. The second-order valence-electron chi connectivity index (χ2n) is 4.36. The number of rotatable bonds is 4. The zero-order chi connectivity index (χ0) is 13.1. The molecular weight excluding hydrogens is 230 g/mol. The van der Waals surface area contributed by atoms with Crippen LogP contribution in [0.1, 0.15) is 41.9 Å². The molecule has 6 nitrogen and oxygen atoms in total. The van der Waals surface area contributed by atoms with Crippen LogP contribution in [0.4, 0.5) is 0 Å². The monoisotopic (exact) mass is 245 g/mol. The normalized spacial score (nSPS) is 10.9. The van der Waals surface area contributed by atoms with Crippen molar-refractivity contribution < 1.29 is 4.79 Å². The van der Waals surface area contributed by atoms with Crippen molar-refractivity contribution >= 4 is 5.78 Å². The van der Waals surface area contributed by atoms with Crippen LogP contribution in [0.2, 0.25) is 0 Å². The number of Topliss-reactive ketones (excluding diaryl/α,β-unsaturated/α-hetero) is 1. The molecule has 0 saturated carbocycles. The van der Waals surface area contributed by atoms with Gasteiger partial charge < -0.3 is 0 Å². The highest BCUT2D eigenvalue weighted by Crippen LogP contribution is 2.08. The molecule has 0 unspecified atom stereocenters. The van der Waals surface area contributed by atoms with E-state index < -0.39 is 0 Å². The first-order valence-electron chi connectivity index (χ1n) is 5.78. The van der Waals surface area contributed by atoms with Gasteiger partial charge in [-0.05, 0) is 20.8 Å². The number of hydrogen-bond donors (Lipinski definition) is 0. The standard InChI is InChI=1S/C12H15N5O/c1-8(2)17-12(15-7-16-17)4-11(18)10-6-13-9(3)5-14-10/h5-8H,4H2,1-3H3. The molecule has 0 fully saturated rings. The second kappa shape index (κ2) is 5.03. The van der Waals surface area contributed by atoms with E-state index in [0.717, 1.165) is 5.69 Å². The summed E-state index contributed by atoms with van der Waals surface area (Å²) in [6, 6.07) is 0.180. The van der Waals surface area contributed by atoms with Gasteiger partial charge in [-0.3, -0.25) is 9.78 Å². The van der Waals surface area contributed by atoms with Crippen LogP contribution in [0, 0.1) is 6.92 Å². The maximum atomic E-state index is 12.0. The van der Waals surface area contributed by atoms with Crippen molar-refractivity contribution in [1.29, 1.82) is 0 Å². The number of aryl methyl sites for hydroxylation is 1. The van der Waals surface area contributed by atoms with Crippen LogP contribution in [-0.2, 0) is 6.42 Å². The first kappa shape index (κ1) is 12.3. The van der Waals surface area contributed by atoms with Crippen LogP contribution in [0.3, 0.4) is 0 Å². The number of aromatic nitrogens is 5. The number of carbonyl (C=O) groups is 1. The summed E-state index contributed by atoms with van der Waals surface area (Å²) in [6.07, 6.45) is 4.73. The third kappa shape index (κ3) is 2.58. The van der Waals surface area contributed by atoms with Crippen molar-refractivity contribution in [3.63, 3.8) is 0 Å². The summed E-state index contributed by atoms with van der Waals surface area (Å²) in [7, 11) is 0. The predicted molar refractivity (Wildman–Crippen MR) is 65.2 cm³/mol. The molecule has 0 N–H and O–H groups in total. The van der Waals surface area contributed by atoms with Crippen molar-refractivity contribution in [2.45, 2.75) is 33.2 Å². The fraction of sp³-hybridized carbons (Fsp3) is 0.417. The molecule has 0 aliphatic heterocycles. The Morgan fingerprint density at radius 1 is 1.28 bits per heavy atom. The van der Waals surface area contributed by atoms with Crippen molar-refractivity contribution in [2.75, 3.05) is 0 Å². The van der Waals surface area contributed by atoms with Gasteiger partial charge in [-0.15, -0.1) is 0 Å². The van der Waals surface area contributed by atoms with Gasteiger partial charge in [0.05, 0.1) is 18.3 Å². The van der Waals surface area contributed by atoms with Crippen molar-refractivity contribution in [2.24, 2.45) is 0 Å². The van der Waals surface area contributed by atoms with Crippen LogP contribution in [0.5, 0.6) is 0 Å². The lowest BCUT2D eigenvalue weighted by atomic mass is 10.2. The Labute approximate surface area is 105 Å². The van der Waals surface area contributed by atoms with Crippen LogP contribution >= 0.6 is 0 Å². The van der Waals surface area contributed by atoms with E-state index in [1.165, 1.54) is 12.5 Å². The van der Waals surface area contributed by atoms with Gasteiger partial charge in [0.1, 0.15) is 17.8 Å². The second-order valence-corrected chi connectivity index (χ2v) is 4.36. The van der Waals surface area contributed by atoms with E-state index >= 15 is 0 Å². The topological polar surface area (TPSA) is 73.6 Å². The Kier molecular flexibility index (Phi) is 3.45. The molecule has 2 rings (SSSR count). The molecule has 0 amide bonds. The number of hydrogen-bond acceptors (Lipinski definition) is 5. The first-order valence-corrected chi connectivity index (χ1v) is 5.78. The lowest BCUT2D eigenvalue weighted by Gasteiger charge is -2.08. The van der Waals surface area contributed by atoms with Gasteiger partial charge in [-0.1, -0.05) is 0 Å². The molecule has 0 aliphatic rings. The van der Waals surface area contributed by atoms with E-state index in [0.29, 0.717) is 11.5 Å². The molecule has 0 aromatic carbocycles. The Bertz CT molecular complexity index is 544. The summed E-state index contributed by atoms with van der Waals surface area (Å²) >= 11 is 0. The Morgan fingerprint density at radius 2 is 2.06 bits per heavy atom. The molecule has 0 spiro atoms. The molecule has 2 heterocycles. The number of nitrogens with zero attached hydrogens (tertiary/aromatic N) is 5. The van der Waals surface area contributed by atoms with Crippen LogP contribution in [0.15, 0.2) is 18.7 Å². The van der Waals surface area contributed by atoms with Crippen LogP contribution < -0.4 is 0 Å². The Morgan fingerprint density at radius 3 is 2.67 bits per heavy atom. The summed E-state index contributed by atoms with van der Waals surface area (Å²) in [5, 5.41) is 4.09. The summed E-state index contributed by atoms with van der Waals surface area (Å²) in [4.78, 5) is 24.2. The molecule has 0 bridgehead atoms. The lowest BCUT2D eigenvalue weighted by molar-refractivity contribution is 0.0984. The van der Waals surface area contributed by atoms with E-state index in [-0.39, 0.29) is 18.2 Å². The summed E-state index contributed by atoms with van der Waals surface area (Å²) in [6.45, 7) is 5.82. The van der Waals surface area contributed by atoms with E-state index in [1.54, 1.807) is 10.9 Å². The minimum absolute atomic E-state index is 0.0996. The van der Waals surface area contributed by atoms with Gasteiger partial charge >= 0.3 is 0 Å². The van der Waals surface area contributed by atoms with Gasteiger partial charge in [0, 0.05) is 12.2 Å². The highest BCUT2D eigenvalue weighted by atomic mass is 16.1. The lowest BCUT2D eigenvalue weighted by Crippen LogP contribution is -2.14. The fourth-order valence-electron chi connectivity index (χ4n) is 1.60. The Balaban J connectivity index is 2.16. The van der Waals surface area contributed by atoms with Crippen molar-refractivity contribution in [3.8, 4) is 0 Å². The minimum Gasteiger partial charge on any atom is -0.292 e.